The van der Waals surface area contributed by atoms with E-state index in [1.165, 1.54) is 0 Å². The zero-order valence-corrected chi connectivity index (χ0v) is 15.3. The zero-order chi connectivity index (χ0) is 22.1. The van der Waals surface area contributed by atoms with E-state index in [4.69, 9.17) is 0 Å². The number of ether oxygens (including phenoxy) is 2. The molecule has 0 aliphatic carbocycles. The van der Waals surface area contributed by atoms with Gasteiger partial charge in [-0.2, -0.15) is 26.3 Å². The SMILES string of the molecule is C=CCC(CCCc1ccccc1)(C(=O)OCC(F)(F)F)C(=O)OCC(F)(F)F. The van der Waals surface area contributed by atoms with Crippen molar-refractivity contribution >= 4 is 11.9 Å². The Morgan fingerprint density at radius 2 is 1.38 bits per heavy atom. The Bertz CT molecular complexity index is 652. The van der Waals surface area contributed by atoms with Gasteiger partial charge in [0.15, 0.2) is 18.6 Å². The average molecular weight is 426 g/mol. The Morgan fingerprint density at radius 3 is 1.79 bits per heavy atom. The Balaban J connectivity index is 3.03. The summed E-state index contributed by atoms with van der Waals surface area (Å²) in [6, 6.07) is 8.73. The molecule has 0 atom stereocenters. The minimum atomic E-state index is -4.87. The highest BCUT2D eigenvalue weighted by Gasteiger charge is 2.49. The molecular weight excluding hydrogens is 406 g/mol. The van der Waals surface area contributed by atoms with Gasteiger partial charge in [0.2, 0.25) is 0 Å². The summed E-state index contributed by atoms with van der Waals surface area (Å²) < 4.78 is 82.8. The monoisotopic (exact) mass is 426 g/mol. The molecule has 0 saturated heterocycles. The van der Waals surface area contributed by atoms with Crippen molar-refractivity contribution in [1.29, 1.82) is 0 Å². The first-order valence-electron chi connectivity index (χ1n) is 8.52. The number of hydrogen-bond donors (Lipinski definition) is 0. The number of carbonyl (C=O) groups excluding carboxylic acids is 2. The summed E-state index contributed by atoms with van der Waals surface area (Å²) in [7, 11) is 0. The number of carbonyl (C=O) groups is 2. The number of halogens is 6. The number of rotatable bonds is 10. The second-order valence-corrected chi connectivity index (χ2v) is 6.30. The normalized spacial score (nSPS) is 12.3. The van der Waals surface area contributed by atoms with E-state index in [0.717, 1.165) is 11.6 Å². The van der Waals surface area contributed by atoms with E-state index in [2.05, 4.69) is 16.1 Å². The molecule has 0 aliphatic rings. The van der Waals surface area contributed by atoms with Gasteiger partial charge in [0.05, 0.1) is 0 Å². The van der Waals surface area contributed by atoms with Gasteiger partial charge in [-0.25, -0.2) is 0 Å². The van der Waals surface area contributed by atoms with Crippen LogP contribution in [0, 0.1) is 5.41 Å². The zero-order valence-electron chi connectivity index (χ0n) is 15.3. The van der Waals surface area contributed by atoms with Crippen LogP contribution in [0.4, 0.5) is 26.3 Å². The van der Waals surface area contributed by atoms with Crippen molar-refractivity contribution in [3.8, 4) is 0 Å². The molecule has 0 N–H and O–H groups in total. The molecule has 1 aromatic rings. The van der Waals surface area contributed by atoms with Crippen molar-refractivity contribution in [3.05, 3.63) is 48.6 Å². The van der Waals surface area contributed by atoms with E-state index < -0.39 is 49.3 Å². The van der Waals surface area contributed by atoms with Gasteiger partial charge in [0.25, 0.3) is 0 Å². The first kappa shape index (κ1) is 24.5. The third-order valence-electron chi connectivity index (χ3n) is 3.92. The van der Waals surface area contributed by atoms with Crippen LogP contribution in [0.15, 0.2) is 43.0 Å². The number of hydrogen-bond acceptors (Lipinski definition) is 4. The minimum Gasteiger partial charge on any atom is -0.455 e. The summed E-state index contributed by atoms with van der Waals surface area (Å²) in [5.41, 5.74) is -1.54. The first-order chi connectivity index (χ1) is 13.4. The standard InChI is InChI=1S/C19H20F6O4/c1-2-10-17(15(26)28-12-18(20,21)22,16(27)29-13-19(23,24)25)11-6-9-14-7-4-3-5-8-14/h2-5,7-8H,1,6,9-13H2. The Morgan fingerprint density at radius 1 is 0.897 bits per heavy atom. The molecule has 10 heteroatoms. The highest BCUT2D eigenvalue weighted by Crippen LogP contribution is 2.34. The van der Waals surface area contributed by atoms with Crippen LogP contribution in [0.3, 0.4) is 0 Å². The summed E-state index contributed by atoms with van der Waals surface area (Å²) in [6.07, 6.45) is -9.15. The van der Waals surface area contributed by atoms with Crippen LogP contribution in [-0.4, -0.2) is 37.5 Å². The van der Waals surface area contributed by atoms with Gasteiger partial charge < -0.3 is 9.47 Å². The summed E-state index contributed by atoms with van der Waals surface area (Å²) in [5, 5.41) is 0. The lowest BCUT2D eigenvalue weighted by Crippen LogP contribution is -2.44. The van der Waals surface area contributed by atoms with Crippen molar-refractivity contribution < 1.29 is 45.4 Å². The van der Waals surface area contributed by atoms with Gasteiger partial charge in [0.1, 0.15) is 0 Å². The molecule has 0 fully saturated rings. The fourth-order valence-electron chi connectivity index (χ4n) is 2.61. The van der Waals surface area contributed by atoms with E-state index in [1.54, 1.807) is 30.3 Å². The number of allylic oxidation sites excluding steroid dienone is 1. The third kappa shape index (κ3) is 8.57. The Hall–Kier alpha value is -2.52. The van der Waals surface area contributed by atoms with Crippen LogP contribution in [0.5, 0.6) is 0 Å². The molecule has 0 spiro atoms. The van der Waals surface area contributed by atoms with Gasteiger partial charge in [-0.05, 0) is 31.2 Å². The van der Waals surface area contributed by atoms with Crippen molar-refractivity contribution in [2.24, 2.45) is 5.41 Å². The van der Waals surface area contributed by atoms with Gasteiger partial charge in [0, 0.05) is 0 Å². The maximum Gasteiger partial charge on any atom is 0.422 e. The molecule has 0 bridgehead atoms. The molecule has 0 amide bonds. The number of aryl methyl sites for hydroxylation is 1. The molecule has 0 unspecified atom stereocenters. The predicted molar refractivity (Wildman–Crippen MR) is 90.7 cm³/mol. The minimum absolute atomic E-state index is 0.111. The van der Waals surface area contributed by atoms with E-state index >= 15 is 0 Å². The predicted octanol–water partition coefficient (Wildman–Crippen LogP) is 4.78. The largest absolute Gasteiger partial charge is 0.455 e. The van der Waals surface area contributed by atoms with E-state index in [0.29, 0.717) is 6.42 Å². The highest BCUT2D eigenvalue weighted by molar-refractivity contribution is 6.00. The summed E-state index contributed by atoms with van der Waals surface area (Å²) in [6.45, 7) is -0.618. The lowest BCUT2D eigenvalue weighted by Gasteiger charge is -2.29. The van der Waals surface area contributed by atoms with Crippen molar-refractivity contribution in [2.75, 3.05) is 13.2 Å². The number of benzene rings is 1. The molecule has 4 nitrogen and oxygen atoms in total. The van der Waals surface area contributed by atoms with E-state index in [1.807, 2.05) is 0 Å². The molecule has 162 valence electrons. The van der Waals surface area contributed by atoms with Gasteiger partial charge >= 0.3 is 24.3 Å². The van der Waals surface area contributed by atoms with Crippen LogP contribution in [0.2, 0.25) is 0 Å². The van der Waals surface area contributed by atoms with Crippen molar-refractivity contribution in [1.82, 2.24) is 0 Å². The van der Waals surface area contributed by atoms with Crippen LogP contribution in [0.25, 0.3) is 0 Å². The first-order valence-corrected chi connectivity index (χ1v) is 8.52. The molecule has 0 saturated carbocycles. The molecule has 0 heterocycles. The summed E-state index contributed by atoms with van der Waals surface area (Å²) >= 11 is 0. The van der Waals surface area contributed by atoms with E-state index in [9.17, 15) is 35.9 Å². The topological polar surface area (TPSA) is 52.6 Å². The van der Waals surface area contributed by atoms with Crippen LogP contribution in [0.1, 0.15) is 24.8 Å². The van der Waals surface area contributed by atoms with Crippen molar-refractivity contribution in [3.63, 3.8) is 0 Å². The summed E-state index contributed by atoms with van der Waals surface area (Å²) in [5.74, 6) is -3.20. The highest BCUT2D eigenvalue weighted by atomic mass is 19.4. The third-order valence-corrected chi connectivity index (χ3v) is 3.92. The van der Waals surface area contributed by atoms with Gasteiger partial charge in [-0.3, -0.25) is 9.59 Å². The lowest BCUT2D eigenvalue weighted by atomic mass is 9.79. The van der Waals surface area contributed by atoms with Gasteiger partial charge in [-0.1, -0.05) is 36.4 Å². The fourth-order valence-corrected chi connectivity index (χ4v) is 2.61. The molecule has 0 aliphatic heterocycles. The Labute approximate surface area is 163 Å². The van der Waals surface area contributed by atoms with E-state index in [-0.39, 0.29) is 12.8 Å². The molecule has 0 aromatic heterocycles. The maximum atomic E-state index is 12.4. The molecule has 29 heavy (non-hydrogen) atoms. The second-order valence-electron chi connectivity index (χ2n) is 6.30. The van der Waals surface area contributed by atoms with Crippen molar-refractivity contribution in [2.45, 2.75) is 38.0 Å². The smallest absolute Gasteiger partial charge is 0.422 e. The van der Waals surface area contributed by atoms with Crippen LogP contribution < -0.4 is 0 Å². The molecular formula is C19H20F6O4. The quantitative estimate of drug-likeness (QED) is 0.234. The average Bonchev–Trinajstić information content (AvgIpc) is 2.63. The number of alkyl halides is 6. The molecule has 1 aromatic carbocycles. The van der Waals surface area contributed by atoms with Crippen LogP contribution in [-0.2, 0) is 25.5 Å². The van der Waals surface area contributed by atoms with Gasteiger partial charge in [-0.15, -0.1) is 6.58 Å². The molecule has 1 rings (SSSR count). The number of esters is 2. The second kappa shape index (κ2) is 10.3. The maximum absolute atomic E-state index is 12.4. The fraction of sp³-hybridized carbons (Fsp3) is 0.474. The Kier molecular flexibility index (Phi) is 8.72. The lowest BCUT2D eigenvalue weighted by molar-refractivity contribution is -0.206. The summed E-state index contributed by atoms with van der Waals surface area (Å²) in [4.78, 5) is 24.7. The molecule has 0 radical (unpaired) electrons. The van der Waals surface area contributed by atoms with Crippen LogP contribution >= 0.6 is 0 Å².